The Hall–Kier alpha value is -2.18. The number of rotatable bonds is 2. The van der Waals surface area contributed by atoms with Gasteiger partial charge in [-0.25, -0.2) is 19.6 Å². The molecule has 0 aromatic carbocycles. The van der Waals surface area contributed by atoms with Crippen molar-refractivity contribution in [3.05, 3.63) is 57.1 Å². The van der Waals surface area contributed by atoms with Crippen molar-refractivity contribution in [3.8, 4) is 0 Å². The second-order valence-corrected chi connectivity index (χ2v) is 5.21. The Labute approximate surface area is 143 Å². The molecule has 0 aliphatic carbocycles. The van der Waals surface area contributed by atoms with Gasteiger partial charge in [0.15, 0.2) is 0 Å². The summed E-state index contributed by atoms with van der Waals surface area (Å²) in [7, 11) is 1.31. The van der Waals surface area contributed by atoms with E-state index < -0.39 is 11.9 Å². The third-order valence-corrected chi connectivity index (χ3v) is 3.19. The fourth-order valence-electron chi connectivity index (χ4n) is 1.51. The van der Waals surface area contributed by atoms with E-state index in [0.29, 0.717) is 5.56 Å². The molecule has 1 N–H and O–H groups in total. The molecule has 23 heavy (non-hydrogen) atoms. The molecule has 0 aliphatic heterocycles. The van der Waals surface area contributed by atoms with Crippen LogP contribution in [-0.4, -0.2) is 34.1 Å². The maximum atomic E-state index is 11.0. The van der Waals surface area contributed by atoms with Gasteiger partial charge in [-0.05, 0) is 37.1 Å². The number of nitrogens with zero attached hydrogens (tertiary/aromatic N) is 2. The predicted octanol–water partition coefficient (Wildman–Crippen LogP) is 3.57. The molecule has 122 valence electrons. The first kappa shape index (κ1) is 18.9. The average molecular weight is 357 g/mol. The van der Waals surface area contributed by atoms with Gasteiger partial charge in [-0.2, -0.15) is 0 Å². The highest BCUT2D eigenvalue weighted by molar-refractivity contribution is 6.32. The smallest absolute Gasteiger partial charge is 0.341 e. The van der Waals surface area contributed by atoms with E-state index in [-0.39, 0.29) is 15.9 Å². The number of methoxy groups -OCH3 is 1. The summed E-state index contributed by atoms with van der Waals surface area (Å²) in [5, 5.41) is 8.77. The molecule has 0 spiro atoms. The predicted molar refractivity (Wildman–Crippen MR) is 86.3 cm³/mol. The summed E-state index contributed by atoms with van der Waals surface area (Å²) in [4.78, 5) is 29.0. The number of carboxylic acid groups (broad SMARTS) is 1. The lowest BCUT2D eigenvalue weighted by Gasteiger charge is -2.01. The van der Waals surface area contributed by atoms with Gasteiger partial charge in [-0.15, -0.1) is 0 Å². The Morgan fingerprint density at radius 2 is 1.43 bits per heavy atom. The topological polar surface area (TPSA) is 89.4 Å². The zero-order chi connectivity index (χ0) is 17.6. The summed E-state index contributed by atoms with van der Waals surface area (Å²) in [6.45, 7) is 3.59. The first-order chi connectivity index (χ1) is 10.8. The molecule has 0 radical (unpaired) electrons. The van der Waals surface area contributed by atoms with Crippen LogP contribution in [0.4, 0.5) is 0 Å². The summed E-state index contributed by atoms with van der Waals surface area (Å²) in [5.74, 6) is -1.51. The Morgan fingerprint density at radius 3 is 1.83 bits per heavy atom. The molecule has 0 aliphatic rings. The molecule has 0 amide bonds. The maximum absolute atomic E-state index is 11.0. The number of aryl methyl sites for hydroxylation is 2. The summed E-state index contributed by atoms with van der Waals surface area (Å²) < 4.78 is 4.51. The number of hydrogen-bond acceptors (Lipinski definition) is 5. The minimum absolute atomic E-state index is 0.0306. The zero-order valence-corrected chi connectivity index (χ0v) is 14.1. The van der Waals surface area contributed by atoms with E-state index >= 15 is 0 Å². The minimum atomic E-state index is -1.05. The van der Waals surface area contributed by atoms with Gasteiger partial charge < -0.3 is 9.84 Å². The van der Waals surface area contributed by atoms with E-state index in [1.165, 1.54) is 19.4 Å². The van der Waals surface area contributed by atoms with Crippen LogP contribution in [0.3, 0.4) is 0 Å². The molecule has 0 saturated carbocycles. The van der Waals surface area contributed by atoms with Crippen molar-refractivity contribution >= 4 is 35.1 Å². The lowest BCUT2D eigenvalue weighted by Crippen LogP contribution is -2.03. The number of carbonyl (C=O) groups is 2. The van der Waals surface area contributed by atoms with Crippen molar-refractivity contribution in [2.45, 2.75) is 13.8 Å². The number of hydrogen-bond donors (Lipinski definition) is 1. The van der Waals surface area contributed by atoms with Crippen LogP contribution in [-0.2, 0) is 4.74 Å². The minimum Gasteiger partial charge on any atom is -0.478 e. The Morgan fingerprint density at radius 1 is 1.00 bits per heavy atom. The molecule has 2 heterocycles. The zero-order valence-electron chi connectivity index (χ0n) is 12.6. The van der Waals surface area contributed by atoms with E-state index in [4.69, 9.17) is 28.3 Å². The normalized spacial score (nSPS) is 9.61. The number of halogens is 2. The van der Waals surface area contributed by atoms with Crippen LogP contribution in [0, 0.1) is 13.8 Å². The molecule has 2 aromatic rings. The fraction of sp³-hybridized carbons (Fsp3) is 0.200. The molecule has 0 atom stereocenters. The molecular formula is C15H14Cl2N2O4. The highest BCUT2D eigenvalue weighted by Crippen LogP contribution is 2.14. The van der Waals surface area contributed by atoms with Gasteiger partial charge >= 0.3 is 11.9 Å². The Bertz CT molecular complexity index is 735. The molecule has 2 rings (SSSR count). The van der Waals surface area contributed by atoms with Gasteiger partial charge in [-0.3, -0.25) is 0 Å². The number of carboxylic acids is 1. The molecular weight excluding hydrogens is 343 g/mol. The van der Waals surface area contributed by atoms with Crippen molar-refractivity contribution < 1.29 is 19.4 Å². The number of pyridine rings is 2. The Balaban J connectivity index is 0.000000231. The van der Waals surface area contributed by atoms with E-state index in [1.54, 1.807) is 19.2 Å². The van der Waals surface area contributed by atoms with Crippen molar-refractivity contribution in [1.82, 2.24) is 9.97 Å². The SMILES string of the molecule is COC(=O)c1cc(C)cnc1Cl.Cc1cnc(Cl)c(C(=O)O)c1. The molecule has 8 heteroatoms. The highest BCUT2D eigenvalue weighted by Gasteiger charge is 2.11. The van der Waals surface area contributed by atoms with Crippen LogP contribution in [0.1, 0.15) is 31.8 Å². The van der Waals surface area contributed by atoms with Crippen LogP contribution >= 0.6 is 23.2 Å². The van der Waals surface area contributed by atoms with Gasteiger partial charge in [0.25, 0.3) is 0 Å². The van der Waals surface area contributed by atoms with Gasteiger partial charge in [0.05, 0.1) is 18.2 Å². The van der Waals surface area contributed by atoms with Gasteiger partial charge in [-0.1, -0.05) is 23.2 Å². The first-order valence-corrected chi connectivity index (χ1v) is 7.07. The fourth-order valence-corrected chi connectivity index (χ4v) is 1.87. The quantitative estimate of drug-likeness (QED) is 0.653. The van der Waals surface area contributed by atoms with E-state index in [0.717, 1.165) is 11.1 Å². The number of carbonyl (C=O) groups excluding carboxylic acids is 1. The number of esters is 1. The molecule has 0 fully saturated rings. The second-order valence-electron chi connectivity index (χ2n) is 4.50. The van der Waals surface area contributed by atoms with Crippen LogP contribution < -0.4 is 0 Å². The summed E-state index contributed by atoms with van der Waals surface area (Å²) in [6, 6.07) is 3.12. The van der Waals surface area contributed by atoms with Gasteiger partial charge in [0.1, 0.15) is 10.3 Å². The molecule has 0 unspecified atom stereocenters. The summed E-state index contributed by atoms with van der Waals surface area (Å²) in [6.07, 6.45) is 3.11. The highest BCUT2D eigenvalue weighted by atomic mass is 35.5. The number of aromatic carboxylic acids is 1. The van der Waals surface area contributed by atoms with Crippen LogP contribution in [0.2, 0.25) is 10.3 Å². The molecule has 0 bridgehead atoms. The van der Waals surface area contributed by atoms with Crippen molar-refractivity contribution in [3.63, 3.8) is 0 Å². The average Bonchev–Trinajstić information content (AvgIpc) is 2.51. The molecule has 2 aromatic heterocycles. The summed E-state index contributed by atoms with van der Waals surface area (Å²) >= 11 is 11.2. The van der Waals surface area contributed by atoms with Crippen molar-refractivity contribution in [1.29, 1.82) is 0 Å². The van der Waals surface area contributed by atoms with E-state index in [9.17, 15) is 9.59 Å². The maximum Gasteiger partial charge on any atom is 0.341 e. The van der Waals surface area contributed by atoms with E-state index in [2.05, 4.69) is 14.7 Å². The summed E-state index contributed by atoms with van der Waals surface area (Å²) in [5.41, 5.74) is 2.01. The van der Waals surface area contributed by atoms with Gasteiger partial charge in [0.2, 0.25) is 0 Å². The van der Waals surface area contributed by atoms with Crippen LogP contribution in [0.5, 0.6) is 0 Å². The third kappa shape index (κ3) is 5.50. The standard InChI is InChI=1S/C8H8ClNO2.C7H6ClNO2/c1-5-3-6(8(11)12-2)7(9)10-4-5;1-4-2-5(7(10)11)6(8)9-3-4/h3-4H,1-2H3;2-3H,1H3,(H,10,11). The van der Waals surface area contributed by atoms with Crippen molar-refractivity contribution in [2.24, 2.45) is 0 Å². The van der Waals surface area contributed by atoms with Gasteiger partial charge in [0, 0.05) is 12.4 Å². The molecule has 6 nitrogen and oxygen atoms in total. The lowest BCUT2D eigenvalue weighted by atomic mass is 10.2. The van der Waals surface area contributed by atoms with E-state index in [1.807, 2.05) is 6.92 Å². The van der Waals surface area contributed by atoms with Crippen LogP contribution in [0.25, 0.3) is 0 Å². The third-order valence-electron chi connectivity index (χ3n) is 2.59. The number of aromatic nitrogens is 2. The first-order valence-electron chi connectivity index (χ1n) is 6.32. The monoisotopic (exact) mass is 356 g/mol. The Kier molecular flexibility index (Phi) is 6.93. The van der Waals surface area contributed by atoms with Crippen molar-refractivity contribution in [2.75, 3.05) is 7.11 Å². The number of ether oxygens (including phenoxy) is 1. The largest absolute Gasteiger partial charge is 0.478 e. The van der Waals surface area contributed by atoms with Crippen LogP contribution in [0.15, 0.2) is 24.5 Å². The lowest BCUT2D eigenvalue weighted by molar-refractivity contribution is 0.0599. The second kappa shape index (κ2) is 8.45. The molecule has 0 saturated heterocycles.